The first-order valence-electron chi connectivity index (χ1n) is 7.38. The third kappa shape index (κ3) is 3.79. The zero-order chi connectivity index (χ0) is 18.1. The van der Waals surface area contributed by atoms with Crippen LogP contribution in [-0.2, 0) is 12.8 Å². The van der Waals surface area contributed by atoms with Crippen molar-refractivity contribution in [2.75, 3.05) is 5.32 Å². The van der Waals surface area contributed by atoms with Gasteiger partial charge >= 0.3 is 0 Å². The second kappa shape index (κ2) is 7.29. The number of nitrogens with one attached hydrogen (secondary N) is 2. The van der Waals surface area contributed by atoms with E-state index >= 15 is 0 Å². The average Bonchev–Trinajstić information content (AvgIpc) is 3.06. The quantitative estimate of drug-likeness (QED) is 0.668. The summed E-state index contributed by atoms with van der Waals surface area (Å²) in [5.74, 6) is -0.972. The molecule has 3 rings (SSSR count). The van der Waals surface area contributed by atoms with Crippen molar-refractivity contribution in [2.24, 2.45) is 5.73 Å². The number of halogens is 2. The number of carbonyl (C=O) groups is 2. The van der Waals surface area contributed by atoms with Crippen LogP contribution in [-0.4, -0.2) is 16.9 Å². The van der Waals surface area contributed by atoms with Crippen LogP contribution in [0.5, 0.6) is 0 Å². The monoisotopic (exact) mass is 413 g/mol. The van der Waals surface area contributed by atoms with Crippen LogP contribution in [0.3, 0.4) is 0 Å². The van der Waals surface area contributed by atoms with E-state index in [1.807, 2.05) is 0 Å². The molecule has 0 atom stereocenters. The molecule has 25 heavy (non-hydrogen) atoms. The van der Waals surface area contributed by atoms with E-state index in [2.05, 4.69) is 10.6 Å². The van der Waals surface area contributed by atoms with Gasteiger partial charge in [0.2, 0.25) is 0 Å². The lowest BCUT2D eigenvalue weighted by atomic mass is 10.1. The van der Waals surface area contributed by atoms with Gasteiger partial charge in [-0.25, -0.2) is 0 Å². The van der Waals surface area contributed by atoms with E-state index in [1.165, 1.54) is 23.5 Å². The van der Waals surface area contributed by atoms with Crippen LogP contribution < -0.4 is 16.4 Å². The number of benzene rings is 1. The molecule has 0 aliphatic heterocycles. The highest BCUT2D eigenvalue weighted by atomic mass is 35.5. The highest BCUT2D eigenvalue weighted by Crippen LogP contribution is 2.38. The lowest BCUT2D eigenvalue weighted by Crippen LogP contribution is -2.34. The molecule has 0 bridgehead atoms. The Morgan fingerprint density at radius 1 is 1.24 bits per heavy atom. The predicted octanol–water partition coefficient (Wildman–Crippen LogP) is 3.77. The van der Waals surface area contributed by atoms with E-state index in [-0.39, 0.29) is 15.7 Å². The highest BCUT2D eigenvalue weighted by Gasteiger charge is 2.26. The van der Waals surface area contributed by atoms with Gasteiger partial charge in [-0.2, -0.15) is 0 Å². The number of rotatable bonds is 3. The van der Waals surface area contributed by atoms with Gasteiger partial charge < -0.3 is 11.1 Å². The summed E-state index contributed by atoms with van der Waals surface area (Å²) >= 11 is 18.5. The average molecular weight is 414 g/mol. The molecule has 0 spiro atoms. The van der Waals surface area contributed by atoms with Crippen molar-refractivity contribution in [2.45, 2.75) is 19.3 Å². The molecule has 9 heteroatoms. The molecule has 1 aliphatic carbocycles. The zero-order valence-electron chi connectivity index (χ0n) is 12.8. The van der Waals surface area contributed by atoms with Crippen molar-refractivity contribution in [3.8, 4) is 0 Å². The van der Waals surface area contributed by atoms with E-state index in [0.29, 0.717) is 15.6 Å². The van der Waals surface area contributed by atoms with Gasteiger partial charge in [-0.3, -0.25) is 14.9 Å². The van der Waals surface area contributed by atoms with Gasteiger partial charge in [-0.1, -0.05) is 23.2 Å². The Labute approximate surface area is 163 Å². The largest absolute Gasteiger partial charge is 0.365 e. The van der Waals surface area contributed by atoms with Crippen molar-refractivity contribution in [1.29, 1.82) is 0 Å². The third-order valence-corrected chi connectivity index (χ3v) is 5.76. The minimum atomic E-state index is -0.503. The second-order valence-electron chi connectivity index (χ2n) is 5.46. The maximum atomic E-state index is 12.3. The fourth-order valence-electron chi connectivity index (χ4n) is 2.73. The van der Waals surface area contributed by atoms with Crippen LogP contribution in [0, 0.1) is 0 Å². The Morgan fingerprint density at radius 3 is 2.68 bits per heavy atom. The van der Waals surface area contributed by atoms with Crippen LogP contribution in [0.15, 0.2) is 18.2 Å². The molecule has 4 N–H and O–H groups in total. The topological polar surface area (TPSA) is 84.2 Å². The number of primary amides is 1. The van der Waals surface area contributed by atoms with E-state index < -0.39 is 11.8 Å². The van der Waals surface area contributed by atoms with E-state index in [1.54, 1.807) is 6.07 Å². The summed E-state index contributed by atoms with van der Waals surface area (Å²) in [6.07, 6.45) is 2.75. The van der Waals surface area contributed by atoms with Crippen molar-refractivity contribution in [1.82, 2.24) is 5.32 Å². The molecule has 1 aliphatic rings. The maximum Gasteiger partial charge on any atom is 0.258 e. The minimum Gasteiger partial charge on any atom is -0.365 e. The summed E-state index contributed by atoms with van der Waals surface area (Å²) in [5, 5.41) is 6.73. The summed E-state index contributed by atoms with van der Waals surface area (Å²) in [6, 6.07) is 4.55. The van der Waals surface area contributed by atoms with Crippen LogP contribution in [0.1, 0.15) is 37.6 Å². The summed E-state index contributed by atoms with van der Waals surface area (Å²) in [6.45, 7) is 0. The Bertz CT molecular complexity index is 896. The second-order valence-corrected chi connectivity index (χ2v) is 7.82. The molecule has 1 aromatic carbocycles. The molecule has 0 saturated carbocycles. The van der Waals surface area contributed by atoms with E-state index in [0.717, 1.165) is 29.7 Å². The van der Waals surface area contributed by atoms with E-state index in [9.17, 15) is 9.59 Å². The normalized spacial score (nSPS) is 12.6. The van der Waals surface area contributed by atoms with Crippen molar-refractivity contribution >= 4 is 68.7 Å². The number of fused-ring (bicyclic) bond motifs is 1. The van der Waals surface area contributed by atoms with Crippen molar-refractivity contribution in [3.63, 3.8) is 0 Å². The SMILES string of the molecule is NC(=O)c1c(NC(=S)NC(=O)c2ccc(Cl)cc2Cl)sc2c1CCC2. The lowest BCUT2D eigenvalue weighted by Gasteiger charge is -2.10. The van der Waals surface area contributed by atoms with Gasteiger partial charge in [-0.15, -0.1) is 11.3 Å². The molecule has 2 aromatic rings. The Kier molecular flexibility index (Phi) is 5.29. The van der Waals surface area contributed by atoms with Gasteiger partial charge in [0.05, 0.1) is 16.1 Å². The molecule has 130 valence electrons. The number of carbonyl (C=O) groups excluding carboxylic acids is 2. The molecule has 0 saturated heterocycles. The number of aryl methyl sites for hydroxylation is 1. The number of hydrogen-bond donors (Lipinski definition) is 3. The number of anilines is 1. The smallest absolute Gasteiger partial charge is 0.258 e. The third-order valence-electron chi connectivity index (χ3n) is 3.80. The van der Waals surface area contributed by atoms with E-state index in [4.69, 9.17) is 41.2 Å². The van der Waals surface area contributed by atoms with Gasteiger partial charge in [-0.05, 0) is 55.2 Å². The van der Waals surface area contributed by atoms with Crippen LogP contribution in [0.4, 0.5) is 5.00 Å². The maximum absolute atomic E-state index is 12.3. The first kappa shape index (κ1) is 18.1. The number of nitrogens with two attached hydrogens (primary N) is 1. The zero-order valence-corrected chi connectivity index (χ0v) is 16.0. The summed E-state index contributed by atoms with van der Waals surface area (Å²) in [4.78, 5) is 25.2. The summed E-state index contributed by atoms with van der Waals surface area (Å²) in [7, 11) is 0. The molecular formula is C16H13Cl2N3O2S2. The van der Waals surface area contributed by atoms with Crippen molar-refractivity contribution < 1.29 is 9.59 Å². The number of thiocarbonyl (C=S) groups is 1. The molecular weight excluding hydrogens is 401 g/mol. The van der Waals surface area contributed by atoms with Crippen LogP contribution in [0.25, 0.3) is 0 Å². The summed E-state index contributed by atoms with van der Waals surface area (Å²) in [5.41, 5.74) is 7.19. The number of hydrogen-bond acceptors (Lipinski definition) is 4. The van der Waals surface area contributed by atoms with Crippen molar-refractivity contribution in [3.05, 3.63) is 49.8 Å². The lowest BCUT2D eigenvalue weighted by molar-refractivity contribution is 0.0975. The van der Waals surface area contributed by atoms with Gasteiger partial charge in [0.25, 0.3) is 11.8 Å². The molecule has 0 unspecified atom stereocenters. The first-order valence-corrected chi connectivity index (χ1v) is 9.36. The predicted molar refractivity (Wildman–Crippen MR) is 105 cm³/mol. The first-order chi connectivity index (χ1) is 11.9. The minimum absolute atomic E-state index is 0.0680. The van der Waals surface area contributed by atoms with Gasteiger partial charge in [0.1, 0.15) is 5.00 Å². The number of thiophene rings is 1. The Morgan fingerprint density at radius 2 is 2.00 bits per heavy atom. The van der Waals surface area contributed by atoms with Crippen LogP contribution >= 0.6 is 46.8 Å². The highest BCUT2D eigenvalue weighted by molar-refractivity contribution is 7.80. The molecule has 0 fully saturated rings. The Hall–Kier alpha value is -1.67. The standard InChI is InChI=1S/C16H13Cl2N3O2S2/c17-7-4-5-8(10(18)6-7)14(23)20-16(24)21-15-12(13(19)22)9-2-1-3-11(9)25-15/h4-6H,1-3H2,(H2,19,22)(H2,20,21,23,24). The molecule has 1 heterocycles. The Balaban J connectivity index is 1.75. The number of amides is 2. The van der Waals surface area contributed by atoms with Crippen LogP contribution in [0.2, 0.25) is 10.0 Å². The molecule has 2 amide bonds. The van der Waals surface area contributed by atoms with Gasteiger partial charge in [0.15, 0.2) is 5.11 Å². The summed E-state index contributed by atoms with van der Waals surface area (Å²) < 4.78 is 0. The fraction of sp³-hybridized carbons (Fsp3) is 0.188. The fourth-order valence-corrected chi connectivity index (χ4v) is 4.78. The van der Waals surface area contributed by atoms with Gasteiger partial charge in [0, 0.05) is 9.90 Å². The molecule has 0 radical (unpaired) electrons. The molecule has 5 nitrogen and oxygen atoms in total. The molecule has 1 aromatic heterocycles.